The van der Waals surface area contributed by atoms with Gasteiger partial charge in [0.2, 0.25) is 5.91 Å². The number of benzene rings is 2. The average molecular weight is 410 g/mol. The highest BCUT2D eigenvalue weighted by Crippen LogP contribution is 2.44. The maximum atomic E-state index is 13.8. The Labute approximate surface area is 172 Å². The fraction of sp³-hybridized carbons (Fsp3) is 0.364. The Morgan fingerprint density at radius 1 is 1.17 bits per heavy atom. The number of likely N-dealkylation sites (N-methyl/N-ethyl adjacent to an activating group) is 1. The smallest absolute Gasteiger partial charge is 0.326 e. The van der Waals surface area contributed by atoms with Crippen molar-refractivity contribution in [3.05, 3.63) is 58.3 Å². The van der Waals surface area contributed by atoms with Crippen molar-refractivity contribution in [2.75, 3.05) is 20.1 Å². The van der Waals surface area contributed by atoms with E-state index in [0.717, 1.165) is 18.5 Å². The number of rotatable bonds is 3. The van der Waals surface area contributed by atoms with E-state index in [1.54, 1.807) is 24.1 Å². The van der Waals surface area contributed by atoms with Crippen molar-refractivity contribution in [1.82, 2.24) is 19.8 Å². The van der Waals surface area contributed by atoms with Gasteiger partial charge < -0.3 is 19.9 Å². The summed E-state index contributed by atoms with van der Waals surface area (Å²) in [6, 6.07) is 9.59. The summed E-state index contributed by atoms with van der Waals surface area (Å²) in [4.78, 5) is 29.5. The van der Waals surface area contributed by atoms with Crippen molar-refractivity contribution in [3.8, 4) is 11.5 Å². The predicted octanol–water partition coefficient (Wildman–Crippen LogP) is 2.33. The van der Waals surface area contributed by atoms with Crippen LogP contribution in [0.15, 0.2) is 41.2 Å². The number of imidazole rings is 1. The first-order valence-corrected chi connectivity index (χ1v) is 10.1. The molecule has 30 heavy (non-hydrogen) atoms. The number of ether oxygens (including phenoxy) is 1. The SMILES string of the molecule is CN1CC(c2ccc3c([nH]c(=O)n3C)c2Oc2cccc(F)c2)C2CCNC2C1=O. The van der Waals surface area contributed by atoms with Crippen molar-refractivity contribution < 1.29 is 13.9 Å². The molecule has 2 aliphatic heterocycles. The molecule has 1 amide bonds. The van der Waals surface area contributed by atoms with Crippen molar-refractivity contribution in [1.29, 1.82) is 0 Å². The molecular formula is C22H23FN4O3. The van der Waals surface area contributed by atoms with Crippen molar-refractivity contribution in [2.45, 2.75) is 18.4 Å². The average Bonchev–Trinajstić information content (AvgIpc) is 3.32. The molecule has 2 aliphatic rings. The first kappa shape index (κ1) is 18.9. The normalized spacial score (nSPS) is 23.8. The van der Waals surface area contributed by atoms with Crippen LogP contribution in [0, 0.1) is 11.7 Å². The summed E-state index contributed by atoms with van der Waals surface area (Å²) in [6.45, 7) is 1.35. The minimum Gasteiger partial charge on any atom is -0.455 e. The summed E-state index contributed by atoms with van der Waals surface area (Å²) < 4.78 is 21.5. The molecule has 8 heteroatoms. The number of H-pyrrole nitrogens is 1. The number of aromatic amines is 1. The number of nitrogens with zero attached hydrogens (tertiary/aromatic N) is 2. The number of piperidine rings is 1. The van der Waals surface area contributed by atoms with Gasteiger partial charge in [0.25, 0.3) is 0 Å². The van der Waals surface area contributed by atoms with Crippen molar-refractivity contribution >= 4 is 16.9 Å². The molecule has 0 radical (unpaired) electrons. The standard InChI is InChI=1S/C22H23FN4O3/c1-26-11-16(14-8-9-24-18(14)21(26)28)15-6-7-17-19(25-22(29)27(17)2)20(15)30-13-5-3-4-12(23)10-13/h3-7,10,14,16,18,24H,8-9,11H2,1-2H3,(H,25,29). The molecule has 5 rings (SSSR count). The van der Waals surface area contributed by atoms with Gasteiger partial charge in [-0.25, -0.2) is 9.18 Å². The zero-order chi connectivity index (χ0) is 21.0. The quantitative estimate of drug-likeness (QED) is 0.695. The molecular weight excluding hydrogens is 387 g/mol. The van der Waals surface area contributed by atoms with Crippen LogP contribution in [0.2, 0.25) is 0 Å². The Kier molecular flexibility index (Phi) is 4.39. The number of hydrogen-bond donors (Lipinski definition) is 2. The molecule has 7 nitrogen and oxygen atoms in total. The third-order valence-electron chi connectivity index (χ3n) is 6.38. The van der Waals surface area contributed by atoms with Crippen molar-refractivity contribution in [3.63, 3.8) is 0 Å². The van der Waals surface area contributed by atoms with Crippen LogP contribution < -0.4 is 15.7 Å². The van der Waals surface area contributed by atoms with E-state index < -0.39 is 5.82 Å². The third kappa shape index (κ3) is 2.90. The van der Waals surface area contributed by atoms with Gasteiger partial charge in [-0.3, -0.25) is 9.36 Å². The second kappa shape index (κ2) is 6.98. The molecule has 0 aliphatic carbocycles. The predicted molar refractivity (Wildman–Crippen MR) is 110 cm³/mol. The van der Waals surface area contributed by atoms with Gasteiger partial charge in [0.1, 0.15) is 17.1 Å². The van der Waals surface area contributed by atoms with Crippen LogP contribution in [0.5, 0.6) is 11.5 Å². The highest BCUT2D eigenvalue weighted by molar-refractivity contribution is 5.86. The number of likely N-dealkylation sites (tertiary alicyclic amines) is 1. The summed E-state index contributed by atoms with van der Waals surface area (Å²) in [6.07, 6.45) is 0.887. The van der Waals surface area contributed by atoms with Crippen LogP contribution in [-0.2, 0) is 11.8 Å². The molecule has 0 saturated carbocycles. The maximum absolute atomic E-state index is 13.8. The van der Waals surface area contributed by atoms with E-state index in [9.17, 15) is 14.0 Å². The van der Waals surface area contributed by atoms with E-state index in [1.807, 2.05) is 19.2 Å². The summed E-state index contributed by atoms with van der Waals surface area (Å²) in [5, 5.41) is 3.32. The lowest BCUT2D eigenvalue weighted by molar-refractivity contribution is -0.136. The van der Waals surface area contributed by atoms with Gasteiger partial charge in [0.15, 0.2) is 5.75 Å². The largest absolute Gasteiger partial charge is 0.455 e. The minimum absolute atomic E-state index is 0.0318. The number of halogens is 1. The molecule has 0 spiro atoms. The molecule has 1 aromatic heterocycles. The van der Waals surface area contributed by atoms with Gasteiger partial charge >= 0.3 is 5.69 Å². The molecule has 2 N–H and O–H groups in total. The maximum Gasteiger partial charge on any atom is 0.326 e. The number of carbonyl (C=O) groups excluding carboxylic acids is 1. The Bertz CT molecular complexity index is 1200. The number of nitrogens with one attached hydrogen (secondary N) is 2. The Balaban J connectivity index is 1.68. The summed E-state index contributed by atoms with van der Waals surface area (Å²) in [5.74, 6) is 0.742. The number of aryl methyl sites for hydroxylation is 1. The van der Waals surface area contributed by atoms with Gasteiger partial charge in [-0.05, 0) is 37.1 Å². The van der Waals surface area contributed by atoms with E-state index in [1.165, 1.54) is 16.7 Å². The number of hydrogen-bond acceptors (Lipinski definition) is 4. The molecule has 0 bridgehead atoms. The second-order valence-electron chi connectivity index (χ2n) is 8.14. The molecule has 3 aromatic rings. The number of aromatic nitrogens is 2. The molecule has 2 saturated heterocycles. The van der Waals surface area contributed by atoms with Gasteiger partial charge in [-0.2, -0.15) is 0 Å². The van der Waals surface area contributed by atoms with Crippen LogP contribution in [0.1, 0.15) is 17.9 Å². The first-order valence-electron chi connectivity index (χ1n) is 10.1. The molecule has 3 unspecified atom stereocenters. The summed E-state index contributed by atoms with van der Waals surface area (Å²) in [5.41, 5.74) is 1.94. The lowest BCUT2D eigenvalue weighted by atomic mass is 9.77. The fourth-order valence-corrected chi connectivity index (χ4v) is 4.85. The van der Waals surface area contributed by atoms with E-state index in [4.69, 9.17) is 4.74 Å². The highest BCUT2D eigenvalue weighted by Gasteiger charge is 2.45. The fourth-order valence-electron chi connectivity index (χ4n) is 4.85. The summed E-state index contributed by atoms with van der Waals surface area (Å²) in [7, 11) is 3.50. The topological polar surface area (TPSA) is 79.4 Å². The highest BCUT2D eigenvalue weighted by atomic mass is 19.1. The van der Waals surface area contributed by atoms with Crippen LogP contribution in [0.4, 0.5) is 4.39 Å². The Morgan fingerprint density at radius 3 is 2.80 bits per heavy atom. The van der Waals surface area contributed by atoms with Gasteiger partial charge in [-0.15, -0.1) is 0 Å². The number of fused-ring (bicyclic) bond motifs is 2. The zero-order valence-electron chi connectivity index (χ0n) is 16.8. The van der Waals surface area contributed by atoms with Crippen LogP contribution >= 0.6 is 0 Å². The monoisotopic (exact) mass is 410 g/mol. The van der Waals surface area contributed by atoms with E-state index in [-0.39, 0.29) is 29.5 Å². The van der Waals surface area contributed by atoms with Gasteiger partial charge in [0.05, 0.1) is 11.6 Å². The molecule has 3 heterocycles. The van der Waals surface area contributed by atoms with E-state index in [2.05, 4.69) is 10.3 Å². The molecule has 2 fully saturated rings. The Morgan fingerprint density at radius 2 is 2.00 bits per heavy atom. The molecule has 156 valence electrons. The van der Waals surface area contributed by atoms with E-state index in [0.29, 0.717) is 29.1 Å². The Hall–Kier alpha value is -3.13. The number of carbonyl (C=O) groups is 1. The van der Waals surface area contributed by atoms with E-state index >= 15 is 0 Å². The first-order chi connectivity index (χ1) is 14.4. The van der Waals surface area contributed by atoms with Crippen molar-refractivity contribution in [2.24, 2.45) is 13.0 Å². The molecule has 2 aromatic carbocycles. The lowest BCUT2D eigenvalue weighted by Gasteiger charge is -2.39. The summed E-state index contributed by atoms with van der Waals surface area (Å²) >= 11 is 0. The third-order valence-corrected chi connectivity index (χ3v) is 6.38. The molecule has 3 atom stereocenters. The van der Waals surface area contributed by atoms with Gasteiger partial charge in [-0.1, -0.05) is 12.1 Å². The van der Waals surface area contributed by atoms with Crippen LogP contribution in [-0.4, -0.2) is 46.5 Å². The van der Waals surface area contributed by atoms with Crippen LogP contribution in [0.25, 0.3) is 11.0 Å². The van der Waals surface area contributed by atoms with Crippen LogP contribution in [0.3, 0.4) is 0 Å². The zero-order valence-corrected chi connectivity index (χ0v) is 16.8. The minimum atomic E-state index is -0.397. The lowest BCUT2D eigenvalue weighted by Crippen LogP contribution is -2.52. The second-order valence-corrected chi connectivity index (χ2v) is 8.14. The number of amides is 1. The van der Waals surface area contributed by atoms with Gasteiger partial charge in [0, 0.05) is 38.2 Å².